The van der Waals surface area contributed by atoms with Crippen LogP contribution in [0.4, 0.5) is 0 Å². The summed E-state index contributed by atoms with van der Waals surface area (Å²) in [5, 5.41) is 0. The van der Waals surface area contributed by atoms with E-state index in [4.69, 9.17) is 0 Å². The van der Waals surface area contributed by atoms with Gasteiger partial charge in [-0.05, 0) is 30.7 Å². The highest BCUT2D eigenvalue weighted by molar-refractivity contribution is 5.93. The van der Waals surface area contributed by atoms with Crippen LogP contribution in [0, 0.1) is 6.92 Å². The van der Waals surface area contributed by atoms with Crippen molar-refractivity contribution in [2.24, 2.45) is 0 Å². The molecule has 0 N–H and O–H groups in total. The molecule has 0 fully saturated rings. The first-order valence-electron chi connectivity index (χ1n) is 6.24. The predicted octanol–water partition coefficient (Wildman–Crippen LogP) is 2.10. The van der Waals surface area contributed by atoms with Gasteiger partial charge in [0, 0.05) is 44.3 Å². The van der Waals surface area contributed by atoms with Crippen molar-refractivity contribution >= 4 is 5.91 Å². The SMILES string of the molecule is Cc1cncc(C(=O)N(C)CCc2ccccn2)c1. The zero-order chi connectivity index (χ0) is 13.7. The van der Waals surface area contributed by atoms with E-state index in [1.54, 1.807) is 30.5 Å². The third kappa shape index (κ3) is 3.61. The summed E-state index contributed by atoms with van der Waals surface area (Å²) in [5.74, 6) is -0.00729. The maximum absolute atomic E-state index is 12.2. The van der Waals surface area contributed by atoms with E-state index in [-0.39, 0.29) is 5.91 Å². The number of aryl methyl sites for hydroxylation is 1. The standard InChI is InChI=1S/C15H17N3O/c1-12-9-13(11-16-10-12)15(19)18(2)8-6-14-5-3-4-7-17-14/h3-5,7,9-11H,6,8H2,1-2H3. The smallest absolute Gasteiger partial charge is 0.255 e. The first-order chi connectivity index (χ1) is 9.16. The van der Waals surface area contributed by atoms with Crippen molar-refractivity contribution in [3.8, 4) is 0 Å². The lowest BCUT2D eigenvalue weighted by atomic mass is 10.2. The summed E-state index contributed by atoms with van der Waals surface area (Å²) in [6, 6.07) is 7.66. The van der Waals surface area contributed by atoms with Crippen LogP contribution in [-0.4, -0.2) is 34.4 Å². The third-order valence-corrected chi connectivity index (χ3v) is 2.90. The lowest BCUT2D eigenvalue weighted by Gasteiger charge is -2.16. The number of amides is 1. The molecule has 0 spiro atoms. The van der Waals surface area contributed by atoms with E-state index < -0.39 is 0 Å². The Morgan fingerprint density at radius 2 is 2.16 bits per heavy atom. The Morgan fingerprint density at radius 1 is 1.32 bits per heavy atom. The minimum absolute atomic E-state index is 0.00729. The van der Waals surface area contributed by atoms with Gasteiger partial charge in [0.25, 0.3) is 5.91 Å². The van der Waals surface area contributed by atoms with E-state index in [0.29, 0.717) is 12.1 Å². The second kappa shape index (κ2) is 6.09. The molecule has 4 heteroatoms. The first kappa shape index (κ1) is 13.2. The van der Waals surface area contributed by atoms with Gasteiger partial charge in [-0.15, -0.1) is 0 Å². The Balaban J connectivity index is 1.96. The van der Waals surface area contributed by atoms with E-state index >= 15 is 0 Å². The molecule has 0 unspecified atom stereocenters. The lowest BCUT2D eigenvalue weighted by molar-refractivity contribution is 0.0796. The average molecular weight is 255 g/mol. The molecule has 0 bridgehead atoms. The van der Waals surface area contributed by atoms with Gasteiger partial charge in [0.2, 0.25) is 0 Å². The molecule has 0 radical (unpaired) electrons. The number of carbonyl (C=O) groups excluding carboxylic acids is 1. The summed E-state index contributed by atoms with van der Waals surface area (Å²) in [5.41, 5.74) is 2.61. The van der Waals surface area contributed by atoms with E-state index in [2.05, 4.69) is 9.97 Å². The fourth-order valence-corrected chi connectivity index (χ4v) is 1.82. The zero-order valence-corrected chi connectivity index (χ0v) is 11.2. The Morgan fingerprint density at radius 3 is 2.84 bits per heavy atom. The van der Waals surface area contributed by atoms with Crippen LogP contribution in [0.1, 0.15) is 21.6 Å². The zero-order valence-electron chi connectivity index (χ0n) is 11.2. The number of hydrogen-bond donors (Lipinski definition) is 0. The highest BCUT2D eigenvalue weighted by atomic mass is 16.2. The molecule has 0 aliphatic rings. The molecule has 4 nitrogen and oxygen atoms in total. The summed E-state index contributed by atoms with van der Waals surface area (Å²) in [4.78, 5) is 22.2. The number of carbonyl (C=O) groups is 1. The maximum Gasteiger partial charge on any atom is 0.255 e. The molecule has 2 rings (SSSR count). The number of rotatable bonds is 4. The molecule has 0 aliphatic heterocycles. The minimum Gasteiger partial charge on any atom is -0.341 e. The molecule has 1 amide bonds. The van der Waals surface area contributed by atoms with Crippen molar-refractivity contribution in [3.05, 3.63) is 59.7 Å². The Kier molecular flexibility index (Phi) is 4.23. The number of aromatic nitrogens is 2. The van der Waals surface area contributed by atoms with Gasteiger partial charge in [-0.25, -0.2) is 0 Å². The molecular formula is C15H17N3O. The monoisotopic (exact) mass is 255 g/mol. The van der Waals surface area contributed by atoms with Crippen LogP contribution in [0.5, 0.6) is 0 Å². The van der Waals surface area contributed by atoms with Crippen molar-refractivity contribution in [2.45, 2.75) is 13.3 Å². The van der Waals surface area contributed by atoms with Gasteiger partial charge in [-0.1, -0.05) is 6.07 Å². The highest BCUT2D eigenvalue weighted by Gasteiger charge is 2.12. The molecule has 2 heterocycles. The second-order valence-electron chi connectivity index (χ2n) is 4.55. The van der Waals surface area contributed by atoms with Gasteiger partial charge in [-0.2, -0.15) is 0 Å². The number of likely N-dealkylation sites (N-methyl/N-ethyl adjacent to an activating group) is 1. The Labute approximate surface area is 113 Å². The highest BCUT2D eigenvalue weighted by Crippen LogP contribution is 2.05. The van der Waals surface area contributed by atoms with Crippen molar-refractivity contribution in [1.29, 1.82) is 0 Å². The molecule has 0 saturated carbocycles. The summed E-state index contributed by atoms with van der Waals surface area (Å²) >= 11 is 0. The van der Waals surface area contributed by atoms with Gasteiger partial charge in [-0.3, -0.25) is 14.8 Å². The van der Waals surface area contributed by atoms with E-state index in [1.807, 2.05) is 31.2 Å². The van der Waals surface area contributed by atoms with Crippen molar-refractivity contribution in [1.82, 2.24) is 14.9 Å². The lowest BCUT2D eigenvalue weighted by Crippen LogP contribution is -2.29. The van der Waals surface area contributed by atoms with Gasteiger partial charge in [0.1, 0.15) is 0 Å². The topological polar surface area (TPSA) is 46.1 Å². The van der Waals surface area contributed by atoms with Gasteiger partial charge in [0.05, 0.1) is 5.56 Å². The van der Waals surface area contributed by atoms with Crippen LogP contribution in [0.25, 0.3) is 0 Å². The molecule has 0 saturated heterocycles. The quantitative estimate of drug-likeness (QED) is 0.840. The van der Waals surface area contributed by atoms with Crippen LogP contribution in [-0.2, 0) is 6.42 Å². The molecule has 2 aromatic heterocycles. The Bertz CT molecular complexity index is 554. The molecule has 2 aromatic rings. The van der Waals surface area contributed by atoms with Crippen LogP contribution < -0.4 is 0 Å². The van der Waals surface area contributed by atoms with Crippen LogP contribution in [0.2, 0.25) is 0 Å². The van der Waals surface area contributed by atoms with Gasteiger partial charge in [0.15, 0.2) is 0 Å². The normalized spacial score (nSPS) is 10.2. The summed E-state index contributed by atoms with van der Waals surface area (Å²) in [6.07, 6.45) is 5.86. The van der Waals surface area contributed by atoms with E-state index in [1.165, 1.54) is 0 Å². The Hall–Kier alpha value is -2.23. The second-order valence-corrected chi connectivity index (χ2v) is 4.55. The van der Waals surface area contributed by atoms with E-state index in [9.17, 15) is 4.79 Å². The number of pyridine rings is 2. The summed E-state index contributed by atoms with van der Waals surface area (Å²) < 4.78 is 0. The largest absolute Gasteiger partial charge is 0.341 e. The number of nitrogens with zero attached hydrogens (tertiary/aromatic N) is 3. The molecule has 98 valence electrons. The number of hydrogen-bond acceptors (Lipinski definition) is 3. The van der Waals surface area contributed by atoms with Crippen LogP contribution in [0.15, 0.2) is 42.9 Å². The maximum atomic E-state index is 12.2. The van der Waals surface area contributed by atoms with Crippen molar-refractivity contribution in [2.75, 3.05) is 13.6 Å². The molecule has 0 aliphatic carbocycles. The molecular weight excluding hydrogens is 238 g/mol. The molecule has 0 aromatic carbocycles. The van der Waals surface area contributed by atoms with E-state index in [0.717, 1.165) is 17.7 Å². The minimum atomic E-state index is -0.00729. The third-order valence-electron chi connectivity index (χ3n) is 2.90. The summed E-state index contributed by atoms with van der Waals surface area (Å²) in [6.45, 7) is 2.57. The first-order valence-corrected chi connectivity index (χ1v) is 6.24. The summed E-state index contributed by atoms with van der Waals surface area (Å²) in [7, 11) is 1.80. The van der Waals surface area contributed by atoms with Crippen molar-refractivity contribution < 1.29 is 4.79 Å². The van der Waals surface area contributed by atoms with Crippen LogP contribution >= 0.6 is 0 Å². The van der Waals surface area contributed by atoms with Crippen molar-refractivity contribution in [3.63, 3.8) is 0 Å². The fourth-order valence-electron chi connectivity index (χ4n) is 1.82. The fraction of sp³-hybridized carbons (Fsp3) is 0.267. The van der Waals surface area contributed by atoms with Crippen LogP contribution in [0.3, 0.4) is 0 Å². The molecule has 19 heavy (non-hydrogen) atoms. The molecule has 0 atom stereocenters. The van der Waals surface area contributed by atoms with Gasteiger partial charge < -0.3 is 4.90 Å². The van der Waals surface area contributed by atoms with Gasteiger partial charge >= 0.3 is 0 Å². The predicted molar refractivity (Wildman–Crippen MR) is 73.9 cm³/mol. The average Bonchev–Trinajstić information content (AvgIpc) is 2.45.